The molecule has 2 aliphatic carbocycles. The lowest BCUT2D eigenvalue weighted by molar-refractivity contribution is -0.140. The molecular formula is C25H39NO6. The summed E-state index contributed by atoms with van der Waals surface area (Å²) >= 11 is 0. The van der Waals surface area contributed by atoms with Crippen LogP contribution < -0.4 is 10.5 Å². The van der Waals surface area contributed by atoms with E-state index in [0.29, 0.717) is 51.3 Å². The number of carbonyl (C=O) groups excluding carboxylic acids is 1. The first-order chi connectivity index (χ1) is 15.5. The molecular weight excluding hydrogens is 410 g/mol. The van der Waals surface area contributed by atoms with Crippen molar-refractivity contribution in [1.29, 1.82) is 0 Å². The summed E-state index contributed by atoms with van der Waals surface area (Å²) in [4.78, 5) is 12.2. The number of nitrogens with two attached hydrogens (primary N) is 1. The Bertz CT molecular complexity index is 726. The van der Waals surface area contributed by atoms with Crippen LogP contribution in [0.5, 0.6) is 5.75 Å². The van der Waals surface area contributed by atoms with Crippen molar-refractivity contribution in [3.05, 3.63) is 29.3 Å². The van der Waals surface area contributed by atoms with Crippen molar-refractivity contribution in [1.82, 2.24) is 0 Å². The third-order valence-corrected chi connectivity index (χ3v) is 6.82. The van der Waals surface area contributed by atoms with Crippen molar-refractivity contribution in [3.8, 4) is 5.75 Å². The molecule has 7 nitrogen and oxygen atoms in total. The van der Waals surface area contributed by atoms with E-state index in [2.05, 4.69) is 13.0 Å². The lowest BCUT2D eigenvalue weighted by atomic mass is 9.60. The van der Waals surface area contributed by atoms with Gasteiger partial charge in [-0.2, -0.15) is 0 Å². The van der Waals surface area contributed by atoms with Gasteiger partial charge in [0.15, 0.2) is 0 Å². The minimum Gasteiger partial charge on any atom is -0.425 e. The van der Waals surface area contributed by atoms with E-state index in [-0.39, 0.29) is 18.1 Å². The summed E-state index contributed by atoms with van der Waals surface area (Å²) in [5.41, 5.74) is 9.27. The normalized spacial score (nSPS) is 25.0. The van der Waals surface area contributed by atoms with E-state index in [0.717, 1.165) is 12.8 Å². The Morgan fingerprint density at radius 1 is 1.03 bits per heavy atom. The number of benzene rings is 1. The van der Waals surface area contributed by atoms with Crippen LogP contribution in [0, 0.1) is 5.92 Å². The predicted molar refractivity (Wildman–Crippen MR) is 122 cm³/mol. The predicted octanol–water partition coefficient (Wildman–Crippen LogP) is 3.01. The molecule has 0 radical (unpaired) electrons. The fraction of sp³-hybridized carbons (Fsp3) is 0.720. The molecule has 2 bridgehead atoms. The molecule has 32 heavy (non-hydrogen) atoms. The first-order valence-electron chi connectivity index (χ1n) is 11.9. The van der Waals surface area contributed by atoms with Crippen LogP contribution >= 0.6 is 0 Å². The molecule has 0 aromatic heterocycles. The van der Waals surface area contributed by atoms with Gasteiger partial charge in [0, 0.05) is 18.6 Å². The third kappa shape index (κ3) is 6.75. The Balaban J connectivity index is 1.43. The van der Waals surface area contributed by atoms with Crippen LogP contribution in [-0.2, 0) is 35.6 Å². The van der Waals surface area contributed by atoms with Gasteiger partial charge in [-0.1, -0.05) is 32.3 Å². The molecule has 2 N–H and O–H groups in total. The first-order valence-corrected chi connectivity index (χ1v) is 11.9. The topological polar surface area (TPSA) is 89.2 Å². The highest BCUT2D eigenvalue weighted by Crippen LogP contribution is 2.46. The van der Waals surface area contributed by atoms with Gasteiger partial charge in [0.05, 0.1) is 39.6 Å². The van der Waals surface area contributed by atoms with Crippen LogP contribution in [0.4, 0.5) is 0 Å². The fourth-order valence-electron chi connectivity index (χ4n) is 4.99. The van der Waals surface area contributed by atoms with Crippen molar-refractivity contribution >= 4 is 5.97 Å². The molecule has 0 amide bonds. The smallest absolute Gasteiger partial charge is 0.337 e. The highest BCUT2D eigenvalue weighted by Gasteiger charge is 2.43. The molecule has 2 aliphatic rings. The van der Waals surface area contributed by atoms with Gasteiger partial charge in [0.2, 0.25) is 0 Å². The maximum atomic E-state index is 12.2. The summed E-state index contributed by atoms with van der Waals surface area (Å²) in [5, 5.41) is 0. The number of fused-ring (bicyclic) bond motifs is 4. The summed E-state index contributed by atoms with van der Waals surface area (Å²) in [6.07, 6.45) is 7.03. The monoisotopic (exact) mass is 449 g/mol. The molecule has 3 rings (SSSR count). The Hall–Kier alpha value is -1.51. The Morgan fingerprint density at radius 2 is 1.75 bits per heavy atom. The second kappa shape index (κ2) is 12.7. The first kappa shape index (κ1) is 25.1. The van der Waals surface area contributed by atoms with Crippen LogP contribution in [0.15, 0.2) is 18.2 Å². The molecule has 7 heteroatoms. The summed E-state index contributed by atoms with van der Waals surface area (Å²) in [6, 6.07) is 6.18. The van der Waals surface area contributed by atoms with E-state index >= 15 is 0 Å². The Kier molecular flexibility index (Phi) is 9.93. The van der Waals surface area contributed by atoms with E-state index in [9.17, 15) is 4.79 Å². The standard InChI is InChI=1S/C25H39NO6/c1-25-9-5-3-4-6-20(24(25)26)16-19-7-8-21(17-22(19)25)32-23(27)18-31-15-14-30-13-12-29-11-10-28-2/h7-8,17,20,24H,3-6,9-16,18,26H2,1-2H3/t20-,24-,25+/m0/s1. The molecule has 1 aromatic carbocycles. The molecule has 1 fully saturated rings. The number of hydrogen-bond donors (Lipinski definition) is 1. The van der Waals surface area contributed by atoms with Gasteiger partial charge < -0.3 is 29.4 Å². The molecule has 0 heterocycles. The number of rotatable bonds is 12. The second-order valence-corrected chi connectivity index (χ2v) is 9.07. The quantitative estimate of drug-likeness (QED) is 0.298. The van der Waals surface area contributed by atoms with Gasteiger partial charge in [0.25, 0.3) is 0 Å². The van der Waals surface area contributed by atoms with Crippen molar-refractivity contribution in [3.63, 3.8) is 0 Å². The number of hydrogen-bond acceptors (Lipinski definition) is 7. The zero-order chi connectivity index (χ0) is 22.8. The van der Waals surface area contributed by atoms with E-state index in [4.69, 9.17) is 29.4 Å². The number of ether oxygens (including phenoxy) is 5. The van der Waals surface area contributed by atoms with E-state index in [1.807, 2.05) is 12.1 Å². The van der Waals surface area contributed by atoms with Crippen molar-refractivity contribution in [2.45, 2.75) is 56.9 Å². The summed E-state index contributed by atoms with van der Waals surface area (Å²) < 4.78 is 26.5. The van der Waals surface area contributed by atoms with Gasteiger partial charge in [-0.3, -0.25) is 0 Å². The zero-order valence-corrected chi connectivity index (χ0v) is 19.6. The van der Waals surface area contributed by atoms with Gasteiger partial charge in [0.1, 0.15) is 12.4 Å². The van der Waals surface area contributed by atoms with Crippen molar-refractivity contribution in [2.75, 3.05) is 53.4 Å². The maximum absolute atomic E-state index is 12.2. The maximum Gasteiger partial charge on any atom is 0.337 e. The second-order valence-electron chi connectivity index (χ2n) is 9.07. The largest absolute Gasteiger partial charge is 0.425 e. The lowest BCUT2D eigenvalue weighted by Gasteiger charge is -2.47. The Morgan fingerprint density at radius 3 is 2.50 bits per heavy atom. The number of esters is 1. The third-order valence-electron chi connectivity index (χ3n) is 6.82. The average Bonchev–Trinajstić information content (AvgIpc) is 2.78. The molecule has 3 atom stereocenters. The molecule has 0 aliphatic heterocycles. The molecule has 0 saturated heterocycles. The molecule has 1 aromatic rings. The lowest BCUT2D eigenvalue weighted by Crippen LogP contribution is -2.52. The van der Waals surface area contributed by atoms with Crippen LogP contribution in [-0.4, -0.2) is 65.4 Å². The molecule has 180 valence electrons. The van der Waals surface area contributed by atoms with Crippen LogP contribution in [0.1, 0.15) is 50.2 Å². The van der Waals surface area contributed by atoms with Gasteiger partial charge >= 0.3 is 5.97 Å². The highest BCUT2D eigenvalue weighted by atomic mass is 16.6. The van der Waals surface area contributed by atoms with Gasteiger partial charge in [-0.15, -0.1) is 0 Å². The van der Waals surface area contributed by atoms with Gasteiger partial charge in [-0.25, -0.2) is 4.79 Å². The highest BCUT2D eigenvalue weighted by molar-refractivity contribution is 5.73. The van der Waals surface area contributed by atoms with Crippen LogP contribution in [0.25, 0.3) is 0 Å². The summed E-state index contributed by atoms with van der Waals surface area (Å²) in [5.74, 6) is 0.693. The Labute approximate surface area is 191 Å². The van der Waals surface area contributed by atoms with Crippen molar-refractivity contribution < 1.29 is 28.5 Å². The summed E-state index contributed by atoms with van der Waals surface area (Å²) in [7, 11) is 1.64. The minimum atomic E-state index is -0.409. The van der Waals surface area contributed by atoms with Crippen LogP contribution in [0.2, 0.25) is 0 Å². The SMILES string of the molecule is COCCOCCOCCOCC(=O)Oc1ccc2c(c1)[C@@]1(C)CCCCC[C@@H](C2)[C@@H]1N. The molecule has 1 saturated carbocycles. The molecule has 0 spiro atoms. The molecule has 0 unspecified atom stereocenters. The average molecular weight is 450 g/mol. The van der Waals surface area contributed by atoms with Crippen molar-refractivity contribution in [2.24, 2.45) is 11.7 Å². The zero-order valence-electron chi connectivity index (χ0n) is 19.6. The van der Waals surface area contributed by atoms with Crippen LogP contribution in [0.3, 0.4) is 0 Å². The van der Waals surface area contributed by atoms with E-state index < -0.39 is 5.97 Å². The minimum absolute atomic E-state index is 0.0673. The van der Waals surface area contributed by atoms with E-state index in [1.54, 1.807) is 7.11 Å². The van der Waals surface area contributed by atoms with Gasteiger partial charge in [-0.05, 0) is 48.4 Å². The van der Waals surface area contributed by atoms with E-state index in [1.165, 1.54) is 36.8 Å². The fourth-order valence-corrected chi connectivity index (χ4v) is 4.99. The number of methoxy groups -OCH3 is 1. The number of carbonyl (C=O) groups is 1. The summed E-state index contributed by atoms with van der Waals surface area (Å²) in [6.45, 7) is 5.01.